The van der Waals surface area contributed by atoms with E-state index in [1.807, 2.05) is 0 Å². The molecule has 2 heterocycles. The largest absolute Gasteiger partial charge is 0.478 e. The van der Waals surface area contributed by atoms with Crippen molar-refractivity contribution in [2.24, 2.45) is 0 Å². The molecule has 0 bridgehead atoms. The number of β-amino-alcohol motifs (C(OH)–C–C–N with tert-alkyl or cyclic N) is 1. The number of aromatic nitrogens is 1. The number of halogens is 1. The Morgan fingerprint density at radius 1 is 1.62 bits per heavy atom. The molecule has 1 aliphatic rings. The monoisotopic (exact) mass is 286 g/mol. The van der Waals surface area contributed by atoms with Crippen LogP contribution in [0.3, 0.4) is 0 Å². The fourth-order valence-electron chi connectivity index (χ4n) is 1.78. The van der Waals surface area contributed by atoms with Crippen molar-refractivity contribution in [2.45, 2.75) is 17.5 Å². The molecule has 1 aliphatic heterocycles. The Kier molecular flexibility index (Phi) is 3.11. The summed E-state index contributed by atoms with van der Waals surface area (Å²) in [4.78, 5) is 16.8. The van der Waals surface area contributed by atoms with Gasteiger partial charge in [0.25, 0.3) is 0 Å². The van der Waals surface area contributed by atoms with E-state index in [2.05, 4.69) is 20.9 Å². The van der Waals surface area contributed by atoms with E-state index in [-0.39, 0.29) is 10.5 Å². The number of carboxylic acids is 1. The van der Waals surface area contributed by atoms with E-state index in [1.165, 1.54) is 6.07 Å². The molecule has 1 fully saturated rings. The van der Waals surface area contributed by atoms with Crippen molar-refractivity contribution < 1.29 is 15.0 Å². The van der Waals surface area contributed by atoms with Crippen molar-refractivity contribution in [1.29, 1.82) is 0 Å². The normalized spacial score (nSPS) is 24.8. The number of aliphatic hydroxyl groups is 1. The van der Waals surface area contributed by atoms with Crippen LogP contribution in [0.1, 0.15) is 16.8 Å². The van der Waals surface area contributed by atoms with E-state index >= 15 is 0 Å². The molecule has 5 nitrogen and oxygen atoms in total. The first kappa shape index (κ1) is 11.3. The third-order valence-electron chi connectivity index (χ3n) is 2.50. The molecular weight excluding hydrogens is 276 g/mol. The number of alkyl halides is 1. The highest BCUT2D eigenvalue weighted by Gasteiger charge is 2.32. The average molecular weight is 287 g/mol. The van der Waals surface area contributed by atoms with Crippen molar-refractivity contribution in [3.05, 3.63) is 23.9 Å². The maximum atomic E-state index is 11.0. The number of aliphatic hydroxyl groups excluding tert-OH is 1. The number of carboxylic acid groups (broad SMARTS) is 1. The van der Waals surface area contributed by atoms with E-state index in [4.69, 9.17) is 5.11 Å². The van der Waals surface area contributed by atoms with E-state index in [1.54, 1.807) is 17.2 Å². The molecule has 6 heteroatoms. The number of rotatable bonds is 2. The predicted octanol–water partition coefficient (Wildman–Crippen LogP) is 1.07. The lowest BCUT2D eigenvalue weighted by molar-refractivity contribution is 0.0697. The molecule has 0 saturated carbocycles. The molecule has 0 radical (unpaired) electrons. The van der Waals surface area contributed by atoms with Gasteiger partial charge in [-0.1, -0.05) is 15.9 Å². The molecule has 0 aliphatic carbocycles. The molecule has 2 rings (SSSR count). The Hall–Kier alpha value is -1.14. The maximum Gasteiger partial charge on any atom is 0.339 e. The Bertz CT molecular complexity index is 413. The molecule has 16 heavy (non-hydrogen) atoms. The minimum atomic E-state index is -1.01. The van der Waals surface area contributed by atoms with Gasteiger partial charge in [0, 0.05) is 19.2 Å². The van der Waals surface area contributed by atoms with Gasteiger partial charge in [-0.2, -0.15) is 0 Å². The van der Waals surface area contributed by atoms with Gasteiger partial charge < -0.3 is 15.1 Å². The molecule has 2 unspecified atom stereocenters. The summed E-state index contributed by atoms with van der Waals surface area (Å²) in [6.45, 7) is 0.396. The van der Waals surface area contributed by atoms with Gasteiger partial charge in [-0.15, -0.1) is 0 Å². The van der Waals surface area contributed by atoms with Crippen molar-refractivity contribution in [3.63, 3.8) is 0 Å². The quantitative estimate of drug-likeness (QED) is 0.629. The summed E-state index contributed by atoms with van der Waals surface area (Å²) >= 11 is 3.40. The van der Waals surface area contributed by atoms with Gasteiger partial charge in [0.1, 0.15) is 11.4 Å². The SMILES string of the molecule is O=C(O)c1cccnc1N1CC(O)CC1Br. The summed E-state index contributed by atoms with van der Waals surface area (Å²) in [6.07, 6.45) is 1.66. The molecular formula is C10H11BrN2O3. The van der Waals surface area contributed by atoms with E-state index in [0.29, 0.717) is 18.8 Å². The van der Waals surface area contributed by atoms with Gasteiger partial charge in [0.2, 0.25) is 0 Å². The maximum absolute atomic E-state index is 11.0. The lowest BCUT2D eigenvalue weighted by Gasteiger charge is -2.22. The van der Waals surface area contributed by atoms with Crippen LogP contribution in [0.2, 0.25) is 0 Å². The molecule has 1 aromatic heterocycles. The topological polar surface area (TPSA) is 73.7 Å². The number of anilines is 1. The predicted molar refractivity (Wildman–Crippen MR) is 61.9 cm³/mol. The summed E-state index contributed by atoms with van der Waals surface area (Å²) in [6, 6.07) is 3.10. The van der Waals surface area contributed by atoms with Crippen molar-refractivity contribution in [3.8, 4) is 0 Å². The number of aromatic carboxylic acids is 1. The molecule has 0 spiro atoms. The summed E-state index contributed by atoms with van der Waals surface area (Å²) in [7, 11) is 0. The first-order valence-electron chi connectivity index (χ1n) is 4.86. The minimum Gasteiger partial charge on any atom is -0.478 e. The molecule has 2 N–H and O–H groups in total. The molecule has 86 valence electrons. The number of carbonyl (C=O) groups is 1. The smallest absolute Gasteiger partial charge is 0.339 e. The van der Waals surface area contributed by atoms with Crippen LogP contribution < -0.4 is 4.90 Å². The molecule has 0 aromatic carbocycles. The van der Waals surface area contributed by atoms with Gasteiger partial charge in [0.05, 0.1) is 11.1 Å². The lowest BCUT2D eigenvalue weighted by atomic mass is 10.2. The fraction of sp³-hybridized carbons (Fsp3) is 0.400. The summed E-state index contributed by atoms with van der Waals surface area (Å²) < 4.78 is 0. The van der Waals surface area contributed by atoms with Crippen LogP contribution in [-0.2, 0) is 0 Å². The van der Waals surface area contributed by atoms with Crippen molar-refractivity contribution >= 4 is 27.7 Å². The Morgan fingerprint density at radius 3 is 2.94 bits per heavy atom. The van der Waals surface area contributed by atoms with Gasteiger partial charge in [0.15, 0.2) is 0 Å². The van der Waals surface area contributed by atoms with Crippen LogP contribution in [0.15, 0.2) is 18.3 Å². The summed E-state index contributed by atoms with van der Waals surface area (Å²) in [5.41, 5.74) is 0.154. The fourth-order valence-corrected chi connectivity index (χ4v) is 2.57. The molecule has 1 saturated heterocycles. The van der Waals surface area contributed by atoms with E-state index < -0.39 is 12.1 Å². The third kappa shape index (κ3) is 2.03. The highest BCUT2D eigenvalue weighted by molar-refractivity contribution is 9.09. The second-order valence-electron chi connectivity index (χ2n) is 3.66. The highest BCUT2D eigenvalue weighted by atomic mass is 79.9. The summed E-state index contributed by atoms with van der Waals surface area (Å²) in [5.74, 6) is -0.613. The Labute approximate surface area is 101 Å². The third-order valence-corrected chi connectivity index (χ3v) is 3.37. The van der Waals surface area contributed by atoms with Crippen molar-refractivity contribution in [2.75, 3.05) is 11.4 Å². The standard InChI is InChI=1S/C10H11BrN2O3/c11-8-4-6(14)5-13(8)9-7(10(15)16)2-1-3-12-9/h1-3,6,8,14H,4-5H2,(H,15,16). The second kappa shape index (κ2) is 4.39. The summed E-state index contributed by atoms with van der Waals surface area (Å²) in [5, 5.41) is 18.5. The van der Waals surface area contributed by atoms with Crippen LogP contribution in [0.25, 0.3) is 0 Å². The zero-order valence-corrected chi connectivity index (χ0v) is 9.96. The van der Waals surface area contributed by atoms with Crippen LogP contribution in [0.4, 0.5) is 5.82 Å². The van der Waals surface area contributed by atoms with Gasteiger partial charge in [-0.05, 0) is 12.1 Å². The molecule has 1 aromatic rings. The Balaban J connectivity index is 2.36. The van der Waals surface area contributed by atoms with Crippen LogP contribution in [-0.4, -0.2) is 38.8 Å². The van der Waals surface area contributed by atoms with Gasteiger partial charge in [-0.3, -0.25) is 0 Å². The lowest BCUT2D eigenvalue weighted by Crippen LogP contribution is -2.28. The number of nitrogens with zero attached hydrogens (tertiary/aromatic N) is 2. The van der Waals surface area contributed by atoms with Crippen LogP contribution in [0.5, 0.6) is 0 Å². The van der Waals surface area contributed by atoms with Gasteiger partial charge >= 0.3 is 5.97 Å². The first-order chi connectivity index (χ1) is 7.59. The van der Waals surface area contributed by atoms with Crippen LogP contribution in [0, 0.1) is 0 Å². The molecule has 2 atom stereocenters. The van der Waals surface area contributed by atoms with Gasteiger partial charge in [-0.25, -0.2) is 9.78 Å². The zero-order chi connectivity index (χ0) is 11.7. The first-order valence-corrected chi connectivity index (χ1v) is 5.78. The second-order valence-corrected chi connectivity index (χ2v) is 4.71. The van der Waals surface area contributed by atoms with Crippen LogP contribution >= 0.6 is 15.9 Å². The average Bonchev–Trinajstić information content (AvgIpc) is 2.57. The van der Waals surface area contributed by atoms with Crippen molar-refractivity contribution in [1.82, 2.24) is 4.98 Å². The van der Waals surface area contributed by atoms with E-state index in [0.717, 1.165) is 0 Å². The Morgan fingerprint density at radius 2 is 2.38 bits per heavy atom. The zero-order valence-electron chi connectivity index (χ0n) is 8.38. The minimum absolute atomic E-state index is 0.0736. The molecule has 0 amide bonds. The van der Waals surface area contributed by atoms with E-state index in [9.17, 15) is 9.90 Å². The number of hydrogen-bond donors (Lipinski definition) is 2. The number of pyridine rings is 1. The number of hydrogen-bond acceptors (Lipinski definition) is 4. The highest BCUT2D eigenvalue weighted by Crippen LogP contribution is 2.29.